The van der Waals surface area contributed by atoms with Crippen molar-refractivity contribution in [1.82, 2.24) is 0 Å². The molecule has 0 spiro atoms. The van der Waals surface area contributed by atoms with E-state index in [2.05, 4.69) is 244 Å². The summed E-state index contributed by atoms with van der Waals surface area (Å²) in [7, 11) is 0. The van der Waals surface area contributed by atoms with Gasteiger partial charge in [0.1, 0.15) is 0 Å². The molecule has 10 rings (SSSR count). The van der Waals surface area contributed by atoms with Crippen LogP contribution in [0.1, 0.15) is 26.3 Å². The molecular weight excluding hydrogens is 711 g/mol. The lowest BCUT2D eigenvalue weighted by atomic mass is 9.85. The molecule has 0 N–H and O–H groups in total. The Morgan fingerprint density at radius 1 is 0.322 bits per heavy atom. The van der Waals surface area contributed by atoms with Gasteiger partial charge in [0.25, 0.3) is 0 Å². The normalized spacial score (nSPS) is 11.6. The van der Waals surface area contributed by atoms with Crippen molar-refractivity contribution >= 4 is 49.4 Å². The zero-order chi connectivity index (χ0) is 39.9. The van der Waals surface area contributed by atoms with Crippen molar-refractivity contribution in [1.29, 1.82) is 0 Å². The Kier molecular flexibility index (Phi) is 9.15. The molecule has 0 aliphatic heterocycles. The van der Waals surface area contributed by atoms with Gasteiger partial charge >= 0.3 is 0 Å². The summed E-state index contributed by atoms with van der Waals surface area (Å²) in [6.07, 6.45) is 0. The number of hydrogen-bond donors (Lipinski definition) is 0. The maximum atomic E-state index is 2.50. The van der Waals surface area contributed by atoms with Gasteiger partial charge in [-0.15, -0.1) is 0 Å². The number of rotatable bonds is 7. The topological polar surface area (TPSA) is 3.24 Å². The maximum Gasteiger partial charge on any atom is 0.0543 e. The highest BCUT2D eigenvalue weighted by Crippen LogP contribution is 2.48. The molecule has 0 fully saturated rings. The van der Waals surface area contributed by atoms with E-state index in [1.54, 1.807) is 0 Å². The monoisotopic (exact) mass is 755 g/mol. The highest BCUT2D eigenvalue weighted by atomic mass is 15.1. The zero-order valence-electron chi connectivity index (χ0n) is 33.7. The van der Waals surface area contributed by atoms with E-state index in [1.165, 1.54) is 82.4 Å². The molecule has 0 aliphatic carbocycles. The quantitative estimate of drug-likeness (QED) is 0.146. The lowest BCUT2D eigenvalue weighted by Gasteiger charge is -2.32. The first-order valence-corrected chi connectivity index (χ1v) is 20.6. The first kappa shape index (κ1) is 36.1. The predicted octanol–water partition coefficient (Wildman–Crippen LogP) is 16.6. The second-order valence-electron chi connectivity index (χ2n) is 16.5. The maximum absolute atomic E-state index is 2.50. The Hall–Kier alpha value is -7.22. The third kappa shape index (κ3) is 6.65. The molecule has 1 heteroatoms. The van der Waals surface area contributed by atoms with E-state index in [4.69, 9.17) is 0 Å². The van der Waals surface area contributed by atoms with Gasteiger partial charge in [0.05, 0.1) is 11.4 Å². The molecule has 10 aromatic carbocycles. The van der Waals surface area contributed by atoms with E-state index < -0.39 is 0 Å². The van der Waals surface area contributed by atoms with Crippen LogP contribution in [0.4, 0.5) is 17.1 Å². The molecule has 0 atom stereocenters. The Labute approximate surface area is 347 Å². The van der Waals surface area contributed by atoms with Crippen LogP contribution in [0.25, 0.3) is 76.8 Å². The molecule has 0 aliphatic rings. The summed E-state index contributed by atoms with van der Waals surface area (Å²) in [5.41, 5.74) is 14.2. The average molecular weight is 756 g/mol. The van der Waals surface area contributed by atoms with Gasteiger partial charge in [-0.2, -0.15) is 0 Å². The molecule has 1 nitrogen and oxygen atoms in total. The van der Waals surface area contributed by atoms with Crippen LogP contribution in [0.2, 0.25) is 0 Å². The third-order valence-electron chi connectivity index (χ3n) is 11.8. The van der Waals surface area contributed by atoms with Gasteiger partial charge in [-0.05, 0) is 101 Å². The number of anilines is 3. The van der Waals surface area contributed by atoms with Crippen molar-refractivity contribution < 1.29 is 0 Å². The Balaban J connectivity index is 1.22. The molecular formula is C58H45N. The van der Waals surface area contributed by atoms with Crippen LogP contribution in [-0.2, 0) is 5.41 Å². The SMILES string of the molecule is CC(C)(C)c1ccc(-c2ccccc2)c(N(c2ccc(-c3cccc4c3ccc3ccccc34)cc2)c2ccccc2-c2cccc3cccc(-c4ccccc4)c23)c1. The minimum Gasteiger partial charge on any atom is -0.309 e. The van der Waals surface area contributed by atoms with Crippen LogP contribution in [0, 0.1) is 0 Å². The number of hydrogen-bond acceptors (Lipinski definition) is 1. The summed E-state index contributed by atoms with van der Waals surface area (Å²) in [5, 5.41) is 7.54. The Morgan fingerprint density at radius 2 is 0.881 bits per heavy atom. The largest absolute Gasteiger partial charge is 0.309 e. The number of fused-ring (bicyclic) bond motifs is 4. The first-order valence-electron chi connectivity index (χ1n) is 20.6. The van der Waals surface area contributed by atoms with E-state index in [1.807, 2.05) is 0 Å². The van der Waals surface area contributed by atoms with Gasteiger partial charge in [-0.25, -0.2) is 0 Å². The molecule has 0 saturated carbocycles. The van der Waals surface area contributed by atoms with E-state index in [9.17, 15) is 0 Å². The van der Waals surface area contributed by atoms with Gasteiger partial charge in [-0.1, -0.05) is 215 Å². The van der Waals surface area contributed by atoms with Crippen LogP contribution in [-0.4, -0.2) is 0 Å². The van der Waals surface area contributed by atoms with Crippen molar-refractivity contribution in [2.75, 3.05) is 4.90 Å². The molecule has 282 valence electrons. The summed E-state index contributed by atoms with van der Waals surface area (Å²) in [6.45, 7) is 6.90. The molecule has 59 heavy (non-hydrogen) atoms. The fraction of sp³-hybridized carbons (Fsp3) is 0.0690. The smallest absolute Gasteiger partial charge is 0.0543 e. The molecule has 0 radical (unpaired) electrons. The summed E-state index contributed by atoms with van der Waals surface area (Å²) >= 11 is 0. The van der Waals surface area contributed by atoms with Crippen molar-refractivity contribution in [3.63, 3.8) is 0 Å². The minimum absolute atomic E-state index is 0.0578. The molecule has 0 heterocycles. The van der Waals surface area contributed by atoms with Crippen molar-refractivity contribution in [2.45, 2.75) is 26.2 Å². The standard InChI is InChI=1S/C58H45N/c1-58(2,3)45-34-38-49(40-17-6-4-7-18-40)56(39-45)59(46-35-31-43(32-36-46)48-26-16-28-51-47-24-11-10-21-42(47)33-37-52(48)51)55-30-13-12-25-53(55)54-29-15-23-44-22-14-27-50(57(44)54)41-19-8-5-9-20-41/h4-39H,1-3H3. The predicted molar refractivity (Wildman–Crippen MR) is 254 cm³/mol. The minimum atomic E-state index is -0.0578. The number of para-hydroxylation sites is 1. The van der Waals surface area contributed by atoms with Gasteiger partial charge in [-0.3, -0.25) is 0 Å². The van der Waals surface area contributed by atoms with E-state index >= 15 is 0 Å². The van der Waals surface area contributed by atoms with E-state index in [0.29, 0.717) is 0 Å². The summed E-state index contributed by atoms with van der Waals surface area (Å²) in [4.78, 5) is 2.50. The molecule has 0 bridgehead atoms. The van der Waals surface area contributed by atoms with Crippen LogP contribution in [0.5, 0.6) is 0 Å². The highest BCUT2D eigenvalue weighted by molar-refractivity contribution is 6.12. The molecule has 0 aromatic heterocycles. The van der Waals surface area contributed by atoms with E-state index in [-0.39, 0.29) is 5.41 Å². The Morgan fingerprint density at radius 3 is 1.63 bits per heavy atom. The van der Waals surface area contributed by atoms with Gasteiger partial charge in [0, 0.05) is 16.8 Å². The molecule has 0 amide bonds. The molecule has 0 unspecified atom stereocenters. The van der Waals surface area contributed by atoms with Crippen LogP contribution < -0.4 is 4.90 Å². The van der Waals surface area contributed by atoms with Crippen molar-refractivity contribution in [3.8, 4) is 44.5 Å². The third-order valence-corrected chi connectivity index (χ3v) is 11.8. The van der Waals surface area contributed by atoms with Crippen molar-refractivity contribution in [2.24, 2.45) is 0 Å². The fourth-order valence-corrected chi connectivity index (χ4v) is 8.86. The molecule has 0 saturated heterocycles. The summed E-state index contributed by atoms with van der Waals surface area (Å²) in [5.74, 6) is 0. The van der Waals surface area contributed by atoms with Crippen LogP contribution >= 0.6 is 0 Å². The Bertz CT molecular complexity index is 3110. The zero-order valence-corrected chi connectivity index (χ0v) is 33.7. The average Bonchev–Trinajstić information content (AvgIpc) is 3.29. The number of nitrogens with zero attached hydrogens (tertiary/aromatic N) is 1. The lowest BCUT2D eigenvalue weighted by Crippen LogP contribution is -2.16. The molecule has 10 aromatic rings. The lowest BCUT2D eigenvalue weighted by molar-refractivity contribution is 0.590. The summed E-state index contributed by atoms with van der Waals surface area (Å²) < 4.78 is 0. The van der Waals surface area contributed by atoms with Gasteiger partial charge in [0.2, 0.25) is 0 Å². The van der Waals surface area contributed by atoms with Crippen molar-refractivity contribution in [3.05, 3.63) is 224 Å². The number of benzene rings is 10. The van der Waals surface area contributed by atoms with E-state index in [0.717, 1.165) is 17.1 Å². The fourth-order valence-electron chi connectivity index (χ4n) is 8.86. The second-order valence-corrected chi connectivity index (χ2v) is 16.5. The highest BCUT2D eigenvalue weighted by Gasteiger charge is 2.25. The van der Waals surface area contributed by atoms with Crippen LogP contribution in [0.15, 0.2) is 218 Å². The summed E-state index contributed by atoms with van der Waals surface area (Å²) in [6, 6.07) is 80.1. The first-order chi connectivity index (χ1) is 28.9. The van der Waals surface area contributed by atoms with Crippen LogP contribution in [0.3, 0.4) is 0 Å². The van der Waals surface area contributed by atoms with Gasteiger partial charge in [0.15, 0.2) is 0 Å². The van der Waals surface area contributed by atoms with Gasteiger partial charge < -0.3 is 4.90 Å². The second kappa shape index (κ2) is 14.9.